The molecule has 1 atom stereocenters. The molecule has 3 aromatic rings. The van der Waals surface area contributed by atoms with E-state index in [2.05, 4.69) is 67.2 Å². The van der Waals surface area contributed by atoms with Gasteiger partial charge in [0.2, 0.25) is 0 Å². The molecule has 0 radical (unpaired) electrons. The lowest BCUT2D eigenvalue weighted by molar-refractivity contribution is 0.0218. The maximum absolute atomic E-state index is 13.8. The van der Waals surface area contributed by atoms with Crippen LogP contribution in [0.25, 0.3) is 16.6 Å². The molecule has 0 spiro atoms. The number of hydrogen-bond acceptors (Lipinski definition) is 6. The molecule has 0 unspecified atom stereocenters. The highest BCUT2D eigenvalue weighted by molar-refractivity contribution is 14.1. The predicted molar refractivity (Wildman–Crippen MR) is 159 cm³/mol. The summed E-state index contributed by atoms with van der Waals surface area (Å²) >= 11 is 5.95. The van der Waals surface area contributed by atoms with Crippen LogP contribution in [-0.2, 0) is 4.74 Å². The van der Waals surface area contributed by atoms with Crippen molar-refractivity contribution in [3.8, 4) is 5.69 Å². The van der Waals surface area contributed by atoms with E-state index in [1.165, 1.54) is 0 Å². The molecular formula is C27H33BrIN5O3. The summed E-state index contributed by atoms with van der Waals surface area (Å²) in [5, 5.41) is 0.863. The van der Waals surface area contributed by atoms with Gasteiger partial charge in [0.1, 0.15) is 11.4 Å². The maximum Gasteiger partial charge on any atom is 0.410 e. The summed E-state index contributed by atoms with van der Waals surface area (Å²) in [6.45, 7) is 15.3. The normalized spacial score (nSPS) is 16.5. The minimum absolute atomic E-state index is 0.0587. The first-order chi connectivity index (χ1) is 17.3. The van der Waals surface area contributed by atoms with E-state index in [0.717, 1.165) is 35.9 Å². The van der Waals surface area contributed by atoms with Crippen molar-refractivity contribution in [2.24, 2.45) is 0 Å². The fraction of sp³-hybridized carbons (Fsp3) is 0.481. The molecule has 0 saturated carbocycles. The van der Waals surface area contributed by atoms with Gasteiger partial charge in [0.05, 0.1) is 16.9 Å². The number of nitrogens with zero attached hydrogens (tertiary/aromatic N) is 5. The highest BCUT2D eigenvalue weighted by Gasteiger charge is 2.32. The Morgan fingerprint density at radius 1 is 1.24 bits per heavy atom. The lowest BCUT2D eigenvalue weighted by Gasteiger charge is -2.41. The third kappa shape index (κ3) is 5.64. The average molecular weight is 682 g/mol. The number of rotatable bonds is 3. The van der Waals surface area contributed by atoms with Crippen LogP contribution in [0.15, 0.2) is 33.7 Å². The number of amides is 1. The molecule has 0 aliphatic carbocycles. The Morgan fingerprint density at radius 2 is 1.95 bits per heavy atom. The van der Waals surface area contributed by atoms with Gasteiger partial charge < -0.3 is 14.5 Å². The molecule has 10 heteroatoms. The molecule has 1 aliphatic rings. The van der Waals surface area contributed by atoms with Crippen LogP contribution < -0.4 is 10.6 Å². The van der Waals surface area contributed by atoms with Gasteiger partial charge in [-0.3, -0.25) is 9.55 Å². The fourth-order valence-electron chi connectivity index (χ4n) is 4.69. The van der Waals surface area contributed by atoms with Crippen molar-refractivity contribution in [2.75, 3.05) is 24.5 Å². The zero-order chi connectivity index (χ0) is 27.2. The van der Waals surface area contributed by atoms with Crippen LogP contribution >= 0.6 is 38.5 Å². The second kappa shape index (κ2) is 10.5. The Hall–Kier alpha value is -2.21. The zero-order valence-electron chi connectivity index (χ0n) is 22.3. The van der Waals surface area contributed by atoms with Crippen molar-refractivity contribution in [2.45, 2.75) is 66.0 Å². The van der Waals surface area contributed by atoms with Crippen molar-refractivity contribution in [1.29, 1.82) is 0 Å². The number of aryl methyl sites for hydroxylation is 1. The van der Waals surface area contributed by atoms with Gasteiger partial charge in [-0.1, -0.05) is 13.8 Å². The van der Waals surface area contributed by atoms with Gasteiger partial charge in [0.15, 0.2) is 0 Å². The van der Waals surface area contributed by atoms with Crippen LogP contribution in [0.1, 0.15) is 58.7 Å². The topological polar surface area (TPSA) is 80.6 Å². The second-order valence-corrected chi connectivity index (χ2v) is 12.8. The van der Waals surface area contributed by atoms with E-state index < -0.39 is 5.60 Å². The van der Waals surface area contributed by atoms with Gasteiger partial charge in [-0.05, 0) is 103 Å². The lowest BCUT2D eigenvalue weighted by atomic mass is 10.0. The molecular weight excluding hydrogens is 649 g/mol. The first-order valence-electron chi connectivity index (χ1n) is 12.4. The molecule has 198 valence electrons. The summed E-state index contributed by atoms with van der Waals surface area (Å²) < 4.78 is 9.20. The Morgan fingerprint density at radius 3 is 2.57 bits per heavy atom. The number of fused-ring (bicyclic) bond motifs is 1. The third-order valence-electron chi connectivity index (χ3n) is 6.39. The molecule has 1 aromatic carbocycles. The monoisotopic (exact) mass is 681 g/mol. The van der Waals surface area contributed by atoms with E-state index in [9.17, 15) is 9.59 Å². The molecule has 0 N–H and O–H groups in total. The average Bonchev–Trinajstić information content (AvgIpc) is 2.79. The number of carbonyl (C=O) groups excluding carboxylic acids is 1. The second-order valence-electron chi connectivity index (χ2n) is 10.8. The number of hydrogen-bond donors (Lipinski definition) is 0. The Kier molecular flexibility index (Phi) is 7.90. The molecule has 37 heavy (non-hydrogen) atoms. The summed E-state index contributed by atoms with van der Waals surface area (Å²) in [5.74, 6) is 0.754. The number of piperazine rings is 1. The highest BCUT2D eigenvalue weighted by Crippen LogP contribution is 2.34. The van der Waals surface area contributed by atoms with E-state index in [-0.39, 0.29) is 23.7 Å². The van der Waals surface area contributed by atoms with Gasteiger partial charge in [-0.15, -0.1) is 0 Å². The molecule has 0 bridgehead atoms. The molecule has 2 aromatic heterocycles. The van der Waals surface area contributed by atoms with Crippen LogP contribution in [0.4, 0.5) is 10.6 Å². The van der Waals surface area contributed by atoms with E-state index in [1.54, 1.807) is 15.7 Å². The smallest absolute Gasteiger partial charge is 0.410 e. The number of ether oxygens (including phenoxy) is 1. The first kappa shape index (κ1) is 27.8. The van der Waals surface area contributed by atoms with Crippen LogP contribution in [0.2, 0.25) is 0 Å². The Balaban J connectivity index is 1.85. The number of pyridine rings is 1. The van der Waals surface area contributed by atoms with Crippen molar-refractivity contribution in [3.63, 3.8) is 0 Å². The maximum atomic E-state index is 13.8. The fourth-order valence-corrected chi connectivity index (χ4v) is 5.48. The van der Waals surface area contributed by atoms with Crippen molar-refractivity contribution < 1.29 is 9.53 Å². The number of carbonyl (C=O) groups is 1. The van der Waals surface area contributed by atoms with E-state index >= 15 is 0 Å². The van der Waals surface area contributed by atoms with Crippen LogP contribution in [0, 0.1) is 10.5 Å². The van der Waals surface area contributed by atoms with Crippen LogP contribution in [0.5, 0.6) is 0 Å². The van der Waals surface area contributed by atoms with Crippen LogP contribution in [0.3, 0.4) is 0 Å². The number of halogens is 2. The summed E-state index contributed by atoms with van der Waals surface area (Å²) in [5.41, 5.74) is 2.49. The van der Waals surface area contributed by atoms with Gasteiger partial charge >= 0.3 is 11.8 Å². The summed E-state index contributed by atoms with van der Waals surface area (Å²) in [7, 11) is 0. The third-order valence-corrected chi connectivity index (χ3v) is 8.68. The molecule has 1 fully saturated rings. The van der Waals surface area contributed by atoms with Crippen molar-refractivity contribution in [1.82, 2.24) is 19.4 Å². The quantitative estimate of drug-likeness (QED) is 0.315. The Bertz CT molecular complexity index is 1420. The molecule has 3 heterocycles. The highest BCUT2D eigenvalue weighted by atomic mass is 127. The van der Waals surface area contributed by atoms with Gasteiger partial charge in [-0.2, -0.15) is 4.98 Å². The van der Waals surface area contributed by atoms with Crippen LogP contribution in [-0.4, -0.2) is 56.8 Å². The number of benzene rings is 1. The minimum atomic E-state index is -0.553. The minimum Gasteiger partial charge on any atom is -0.444 e. The number of anilines is 1. The van der Waals surface area contributed by atoms with E-state index in [1.807, 2.05) is 52.8 Å². The molecule has 8 nitrogen and oxygen atoms in total. The molecule has 1 amide bonds. The largest absolute Gasteiger partial charge is 0.444 e. The summed E-state index contributed by atoms with van der Waals surface area (Å²) in [4.78, 5) is 39.5. The Labute approximate surface area is 239 Å². The number of aromatic nitrogens is 3. The van der Waals surface area contributed by atoms with E-state index in [4.69, 9.17) is 4.74 Å². The van der Waals surface area contributed by atoms with Crippen molar-refractivity contribution in [3.05, 3.63) is 54.2 Å². The SMILES string of the molecule is Cc1ccnc(C(C)C)c1-n1c(=O)nc(N2CCN(C(=O)OC(C)(C)C)C[C@@H]2C)c2cc(Br)c(I)cc21. The first-order valence-corrected chi connectivity index (χ1v) is 14.3. The standard InChI is InChI=1S/C27H33BrIN5O3/c1-15(2)22-23(16(3)8-9-30-22)34-21-13-20(29)19(28)12-18(21)24(31-25(34)35)33-11-10-32(14-17(33)4)26(36)37-27(5,6)7/h8-9,12-13,15,17H,10-11,14H2,1-7H3/t17-/m0/s1. The van der Waals surface area contributed by atoms with Gasteiger partial charge in [-0.25, -0.2) is 9.59 Å². The lowest BCUT2D eigenvalue weighted by Crippen LogP contribution is -2.55. The predicted octanol–water partition coefficient (Wildman–Crippen LogP) is 6.03. The zero-order valence-corrected chi connectivity index (χ0v) is 26.0. The molecule has 1 saturated heterocycles. The van der Waals surface area contributed by atoms with Gasteiger partial charge in [0, 0.05) is 45.3 Å². The van der Waals surface area contributed by atoms with Crippen molar-refractivity contribution >= 4 is 61.3 Å². The molecule has 1 aliphatic heterocycles. The summed E-state index contributed by atoms with van der Waals surface area (Å²) in [6.07, 6.45) is 1.47. The van der Waals surface area contributed by atoms with Gasteiger partial charge in [0.25, 0.3) is 0 Å². The summed E-state index contributed by atoms with van der Waals surface area (Å²) in [6, 6.07) is 5.92. The molecule has 4 rings (SSSR count). The van der Waals surface area contributed by atoms with E-state index in [0.29, 0.717) is 25.5 Å².